The summed E-state index contributed by atoms with van der Waals surface area (Å²) in [6.07, 6.45) is -2.61. The van der Waals surface area contributed by atoms with Gasteiger partial charge in [0.2, 0.25) is 0 Å². The minimum absolute atomic E-state index is 0.0357. The molecule has 1 aromatic carbocycles. The van der Waals surface area contributed by atoms with E-state index in [0.717, 1.165) is 29.2 Å². The zero-order valence-electron chi connectivity index (χ0n) is 9.63. The Morgan fingerprint density at radius 3 is 2.60 bits per heavy atom. The van der Waals surface area contributed by atoms with E-state index in [-0.39, 0.29) is 16.9 Å². The predicted octanol–water partition coefficient (Wildman–Crippen LogP) is 2.67. The molecule has 1 aromatic heterocycles. The first-order chi connectivity index (χ1) is 9.32. The van der Waals surface area contributed by atoms with Gasteiger partial charge in [0.15, 0.2) is 0 Å². The number of benzene rings is 1. The highest BCUT2D eigenvalue weighted by atomic mass is 19.4. The molecule has 1 heterocycles. The molecule has 0 atom stereocenters. The Hall–Kier alpha value is -2.89. The van der Waals surface area contributed by atoms with Crippen LogP contribution in [0.15, 0.2) is 30.6 Å². The van der Waals surface area contributed by atoms with Crippen LogP contribution in [0.3, 0.4) is 0 Å². The summed E-state index contributed by atoms with van der Waals surface area (Å²) in [4.78, 5) is 9.83. The van der Waals surface area contributed by atoms with E-state index in [1.165, 1.54) is 0 Å². The van der Waals surface area contributed by atoms with E-state index in [2.05, 4.69) is 5.10 Å². The molecule has 0 spiro atoms. The summed E-state index contributed by atoms with van der Waals surface area (Å²) in [5.74, 6) is 0. The topological polar surface area (TPSA) is 84.8 Å². The SMILES string of the molecule is N#Cc1cc(C(F)(F)F)ccc1-n1cc([N+](=O)[O-])cn1. The first kappa shape index (κ1) is 13.5. The molecular weight excluding hydrogens is 277 g/mol. The van der Waals surface area contributed by atoms with Crippen LogP contribution in [0.1, 0.15) is 11.1 Å². The molecule has 0 aliphatic heterocycles. The quantitative estimate of drug-likeness (QED) is 0.626. The molecule has 0 radical (unpaired) electrons. The van der Waals surface area contributed by atoms with Crippen molar-refractivity contribution in [2.75, 3.05) is 0 Å². The summed E-state index contributed by atoms with van der Waals surface area (Å²) in [7, 11) is 0. The average molecular weight is 282 g/mol. The third-order valence-corrected chi connectivity index (χ3v) is 2.47. The van der Waals surface area contributed by atoms with E-state index in [1.54, 1.807) is 6.07 Å². The van der Waals surface area contributed by atoms with Crippen molar-refractivity contribution in [1.29, 1.82) is 5.26 Å². The van der Waals surface area contributed by atoms with Crippen molar-refractivity contribution in [3.63, 3.8) is 0 Å². The van der Waals surface area contributed by atoms with Crippen molar-refractivity contribution in [3.8, 4) is 11.8 Å². The third-order valence-electron chi connectivity index (χ3n) is 2.47. The molecule has 0 saturated heterocycles. The Morgan fingerprint density at radius 1 is 1.40 bits per heavy atom. The Bertz CT molecular complexity index is 715. The number of nitrogens with zero attached hydrogens (tertiary/aromatic N) is 4. The maximum absolute atomic E-state index is 12.5. The molecule has 2 rings (SSSR count). The van der Waals surface area contributed by atoms with Gasteiger partial charge >= 0.3 is 11.9 Å². The van der Waals surface area contributed by atoms with Crippen molar-refractivity contribution in [1.82, 2.24) is 9.78 Å². The van der Waals surface area contributed by atoms with Crippen LogP contribution in [0.2, 0.25) is 0 Å². The molecule has 0 N–H and O–H groups in total. The predicted molar refractivity (Wildman–Crippen MR) is 59.9 cm³/mol. The van der Waals surface area contributed by atoms with Crippen LogP contribution in [0.5, 0.6) is 0 Å². The van der Waals surface area contributed by atoms with Gasteiger partial charge in [-0.05, 0) is 18.2 Å². The fourth-order valence-electron chi connectivity index (χ4n) is 1.54. The standard InChI is InChI=1S/C11H5F3N4O2/c12-11(13,14)8-1-2-10(7(3-8)4-15)17-6-9(5-16-17)18(19)20/h1-3,5-6H. The van der Waals surface area contributed by atoms with Gasteiger partial charge in [-0.2, -0.15) is 23.5 Å². The highest BCUT2D eigenvalue weighted by Crippen LogP contribution is 2.31. The van der Waals surface area contributed by atoms with Gasteiger partial charge in [-0.25, -0.2) is 4.68 Å². The number of alkyl halides is 3. The molecule has 102 valence electrons. The molecule has 0 fully saturated rings. The van der Waals surface area contributed by atoms with Gasteiger partial charge in [0.05, 0.1) is 21.7 Å². The Labute approximate surface area is 109 Å². The molecule has 6 nitrogen and oxygen atoms in total. The zero-order chi connectivity index (χ0) is 14.9. The highest BCUT2D eigenvalue weighted by Gasteiger charge is 2.31. The smallest absolute Gasteiger partial charge is 0.258 e. The normalized spacial score (nSPS) is 11.1. The molecule has 0 bridgehead atoms. The van der Waals surface area contributed by atoms with E-state index in [4.69, 9.17) is 5.26 Å². The lowest BCUT2D eigenvalue weighted by atomic mass is 10.1. The first-order valence-electron chi connectivity index (χ1n) is 5.13. The lowest BCUT2D eigenvalue weighted by Crippen LogP contribution is -2.07. The second-order valence-electron chi connectivity index (χ2n) is 3.74. The second-order valence-corrected chi connectivity index (χ2v) is 3.74. The van der Waals surface area contributed by atoms with Crippen molar-refractivity contribution in [2.24, 2.45) is 0 Å². The molecule has 0 aliphatic carbocycles. The molecular formula is C11H5F3N4O2. The average Bonchev–Trinajstić information content (AvgIpc) is 2.86. The van der Waals surface area contributed by atoms with Crippen LogP contribution in [-0.4, -0.2) is 14.7 Å². The Balaban J connectivity index is 2.52. The highest BCUT2D eigenvalue weighted by molar-refractivity contribution is 5.51. The maximum atomic E-state index is 12.5. The fraction of sp³-hybridized carbons (Fsp3) is 0.0909. The van der Waals surface area contributed by atoms with Crippen LogP contribution in [-0.2, 0) is 6.18 Å². The van der Waals surface area contributed by atoms with Crippen molar-refractivity contribution in [3.05, 3.63) is 51.8 Å². The maximum Gasteiger partial charge on any atom is 0.416 e. The molecule has 0 aliphatic rings. The second kappa shape index (κ2) is 4.65. The van der Waals surface area contributed by atoms with E-state index >= 15 is 0 Å². The van der Waals surface area contributed by atoms with E-state index < -0.39 is 16.7 Å². The van der Waals surface area contributed by atoms with Crippen LogP contribution in [0.25, 0.3) is 5.69 Å². The van der Waals surface area contributed by atoms with Gasteiger partial charge in [-0.1, -0.05) is 0 Å². The number of hydrogen-bond acceptors (Lipinski definition) is 4. The van der Waals surface area contributed by atoms with E-state index in [0.29, 0.717) is 6.07 Å². The third kappa shape index (κ3) is 2.44. The number of halogens is 3. The Kier molecular flexibility index (Phi) is 3.15. The molecule has 0 saturated carbocycles. The van der Waals surface area contributed by atoms with Gasteiger partial charge in [-0.15, -0.1) is 0 Å². The number of aromatic nitrogens is 2. The lowest BCUT2D eigenvalue weighted by Gasteiger charge is -2.09. The summed E-state index contributed by atoms with van der Waals surface area (Å²) in [5, 5.41) is 23.1. The summed E-state index contributed by atoms with van der Waals surface area (Å²) in [6, 6.07) is 4.11. The molecule has 9 heteroatoms. The van der Waals surface area contributed by atoms with Crippen LogP contribution in [0.4, 0.5) is 18.9 Å². The molecule has 2 aromatic rings. The van der Waals surface area contributed by atoms with Crippen LogP contribution >= 0.6 is 0 Å². The zero-order valence-corrected chi connectivity index (χ0v) is 9.63. The summed E-state index contributed by atoms with van der Waals surface area (Å²) in [5.41, 5.74) is -1.54. The lowest BCUT2D eigenvalue weighted by molar-refractivity contribution is -0.384. The van der Waals surface area contributed by atoms with Crippen molar-refractivity contribution in [2.45, 2.75) is 6.18 Å². The molecule has 20 heavy (non-hydrogen) atoms. The molecule has 0 amide bonds. The number of rotatable bonds is 2. The largest absolute Gasteiger partial charge is 0.416 e. The van der Waals surface area contributed by atoms with Crippen molar-refractivity contribution >= 4 is 5.69 Å². The Morgan fingerprint density at radius 2 is 2.10 bits per heavy atom. The van der Waals surface area contributed by atoms with Gasteiger partial charge in [0, 0.05) is 0 Å². The van der Waals surface area contributed by atoms with Crippen LogP contribution < -0.4 is 0 Å². The van der Waals surface area contributed by atoms with Gasteiger partial charge < -0.3 is 0 Å². The van der Waals surface area contributed by atoms with Crippen LogP contribution in [0, 0.1) is 21.4 Å². The minimum Gasteiger partial charge on any atom is -0.258 e. The minimum atomic E-state index is -4.57. The van der Waals surface area contributed by atoms with Gasteiger partial charge in [-0.3, -0.25) is 10.1 Å². The number of nitriles is 1. The number of nitro groups is 1. The molecule has 0 unspecified atom stereocenters. The number of hydrogen-bond donors (Lipinski definition) is 0. The first-order valence-corrected chi connectivity index (χ1v) is 5.13. The van der Waals surface area contributed by atoms with Gasteiger partial charge in [0.25, 0.3) is 0 Å². The summed E-state index contributed by atoms with van der Waals surface area (Å²) < 4.78 is 38.6. The van der Waals surface area contributed by atoms with Gasteiger partial charge in [0.1, 0.15) is 18.5 Å². The summed E-state index contributed by atoms with van der Waals surface area (Å²) >= 11 is 0. The van der Waals surface area contributed by atoms with E-state index in [9.17, 15) is 23.3 Å². The van der Waals surface area contributed by atoms with E-state index in [1.807, 2.05) is 0 Å². The summed E-state index contributed by atoms with van der Waals surface area (Å²) in [6.45, 7) is 0. The van der Waals surface area contributed by atoms with Crippen molar-refractivity contribution < 1.29 is 18.1 Å². The monoisotopic (exact) mass is 282 g/mol. The fourth-order valence-corrected chi connectivity index (χ4v) is 1.54.